The van der Waals surface area contributed by atoms with E-state index in [0.717, 1.165) is 16.9 Å². The summed E-state index contributed by atoms with van der Waals surface area (Å²) in [6, 6.07) is 18.4. The molecule has 7 nitrogen and oxygen atoms in total. The fourth-order valence-corrected chi connectivity index (χ4v) is 3.38. The molecule has 3 amide bonds. The van der Waals surface area contributed by atoms with E-state index in [1.54, 1.807) is 9.58 Å². The third-order valence-electron chi connectivity index (χ3n) is 4.80. The maximum absolute atomic E-state index is 12.8. The number of nitrogens with zero attached hydrogens (tertiary/aromatic N) is 3. The molecule has 2 heterocycles. The van der Waals surface area contributed by atoms with Crippen molar-refractivity contribution in [3.63, 3.8) is 0 Å². The lowest BCUT2D eigenvalue weighted by atomic mass is 10.0. The van der Waals surface area contributed by atoms with Gasteiger partial charge in [-0.2, -0.15) is 5.10 Å². The first-order valence-electron chi connectivity index (χ1n) is 9.14. The van der Waals surface area contributed by atoms with Crippen molar-refractivity contribution in [1.29, 1.82) is 0 Å². The zero-order valence-electron chi connectivity index (χ0n) is 15.6. The molecule has 1 aromatic heterocycles. The summed E-state index contributed by atoms with van der Waals surface area (Å²) in [4.78, 5) is 27.1. The molecule has 142 valence electrons. The predicted octanol–water partition coefficient (Wildman–Crippen LogP) is 3.26. The van der Waals surface area contributed by atoms with Crippen LogP contribution in [0.1, 0.15) is 21.7 Å². The Bertz CT molecular complexity index is 998. The Morgan fingerprint density at radius 2 is 1.54 bits per heavy atom. The van der Waals surface area contributed by atoms with E-state index < -0.39 is 0 Å². The van der Waals surface area contributed by atoms with E-state index in [4.69, 9.17) is 0 Å². The van der Waals surface area contributed by atoms with Crippen molar-refractivity contribution in [2.45, 2.75) is 13.0 Å². The van der Waals surface area contributed by atoms with Gasteiger partial charge in [0.25, 0.3) is 5.91 Å². The third-order valence-corrected chi connectivity index (χ3v) is 4.80. The number of para-hydroxylation sites is 2. The number of anilines is 2. The number of fused-ring (bicyclic) bond motifs is 1. The van der Waals surface area contributed by atoms with Crippen LogP contribution in [-0.2, 0) is 20.0 Å². The smallest absolute Gasteiger partial charge is 0.321 e. The third kappa shape index (κ3) is 3.59. The number of benzene rings is 2. The van der Waals surface area contributed by atoms with Crippen LogP contribution in [0.4, 0.5) is 16.2 Å². The average molecular weight is 375 g/mol. The average Bonchev–Trinajstić information content (AvgIpc) is 3.06. The molecule has 0 saturated carbocycles. The molecule has 4 rings (SSSR count). The van der Waals surface area contributed by atoms with Gasteiger partial charge in [0.1, 0.15) is 0 Å². The van der Waals surface area contributed by atoms with Gasteiger partial charge < -0.3 is 15.5 Å². The van der Waals surface area contributed by atoms with Gasteiger partial charge in [0.05, 0.1) is 6.54 Å². The molecule has 2 aromatic carbocycles. The molecule has 0 saturated heterocycles. The SMILES string of the molecule is Cn1nc(C(=O)Nc2ccccc2)c2c1CCN(C(=O)Nc1ccccc1)C2. The number of rotatable bonds is 3. The van der Waals surface area contributed by atoms with Crippen molar-refractivity contribution < 1.29 is 9.59 Å². The second-order valence-corrected chi connectivity index (χ2v) is 6.69. The van der Waals surface area contributed by atoms with Gasteiger partial charge in [0.15, 0.2) is 5.69 Å². The number of aromatic nitrogens is 2. The summed E-state index contributed by atoms with van der Waals surface area (Å²) in [5, 5.41) is 10.2. The lowest BCUT2D eigenvalue weighted by molar-refractivity contribution is 0.101. The summed E-state index contributed by atoms with van der Waals surface area (Å²) in [6.45, 7) is 0.921. The molecular formula is C21H21N5O2. The maximum atomic E-state index is 12.8. The molecule has 0 atom stereocenters. The van der Waals surface area contributed by atoms with Crippen LogP contribution in [0.3, 0.4) is 0 Å². The quantitative estimate of drug-likeness (QED) is 0.737. The van der Waals surface area contributed by atoms with Crippen LogP contribution in [0, 0.1) is 0 Å². The molecule has 7 heteroatoms. The summed E-state index contributed by atoms with van der Waals surface area (Å²) in [6.07, 6.45) is 0.652. The molecule has 0 fully saturated rings. The number of urea groups is 1. The number of hydrogen-bond acceptors (Lipinski definition) is 3. The van der Waals surface area contributed by atoms with E-state index in [1.807, 2.05) is 67.7 Å². The number of aryl methyl sites for hydroxylation is 1. The number of amides is 3. The lowest BCUT2D eigenvalue weighted by Crippen LogP contribution is -2.39. The summed E-state index contributed by atoms with van der Waals surface area (Å²) in [7, 11) is 1.83. The van der Waals surface area contributed by atoms with Gasteiger partial charge in [0.2, 0.25) is 0 Å². The molecule has 0 radical (unpaired) electrons. The molecule has 0 spiro atoms. The van der Waals surface area contributed by atoms with Gasteiger partial charge >= 0.3 is 6.03 Å². The van der Waals surface area contributed by atoms with Gasteiger partial charge in [-0.1, -0.05) is 36.4 Å². The van der Waals surface area contributed by atoms with Crippen LogP contribution < -0.4 is 10.6 Å². The zero-order chi connectivity index (χ0) is 19.5. The number of hydrogen-bond donors (Lipinski definition) is 2. The highest BCUT2D eigenvalue weighted by Gasteiger charge is 2.29. The fraction of sp³-hybridized carbons (Fsp3) is 0.190. The van der Waals surface area contributed by atoms with Crippen LogP contribution in [0.5, 0.6) is 0 Å². The maximum Gasteiger partial charge on any atom is 0.322 e. The van der Waals surface area contributed by atoms with Crippen LogP contribution in [0.25, 0.3) is 0 Å². The fourth-order valence-electron chi connectivity index (χ4n) is 3.38. The van der Waals surface area contributed by atoms with Gasteiger partial charge in [0, 0.05) is 42.6 Å². The number of carbonyl (C=O) groups excluding carboxylic acids is 2. The van der Waals surface area contributed by atoms with E-state index >= 15 is 0 Å². The lowest BCUT2D eigenvalue weighted by Gasteiger charge is -2.27. The van der Waals surface area contributed by atoms with Crippen molar-refractivity contribution in [1.82, 2.24) is 14.7 Å². The molecule has 1 aliphatic rings. The second kappa shape index (κ2) is 7.56. The first-order valence-corrected chi connectivity index (χ1v) is 9.14. The van der Waals surface area contributed by atoms with E-state index in [0.29, 0.717) is 30.9 Å². The largest absolute Gasteiger partial charge is 0.322 e. The standard InChI is InChI=1S/C21H21N5O2/c1-25-18-12-13-26(21(28)23-16-10-6-3-7-11-16)14-17(18)19(24-25)20(27)22-15-8-4-2-5-9-15/h2-11H,12-14H2,1H3,(H,22,27)(H,23,28). The Hall–Kier alpha value is -3.61. The molecule has 0 aliphatic carbocycles. The van der Waals surface area contributed by atoms with Crippen molar-refractivity contribution in [2.24, 2.45) is 7.05 Å². The van der Waals surface area contributed by atoms with Crippen LogP contribution in [0.15, 0.2) is 60.7 Å². The van der Waals surface area contributed by atoms with Crippen molar-refractivity contribution in [3.05, 3.63) is 77.6 Å². The molecular weight excluding hydrogens is 354 g/mol. The van der Waals surface area contributed by atoms with E-state index in [1.165, 1.54) is 0 Å². The van der Waals surface area contributed by atoms with Crippen molar-refractivity contribution in [3.8, 4) is 0 Å². The second-order valence-electron chi connectivity index (χ2n) is 6.69. The summed E-state index contributed by atoms with van der Waals surface area (Å²) in [5.74, 6) is -0.270. The Morgan fingerprint density at radius 1 is 0.929 bits per heavy atom. The first kappa shape index (κ1) is 17.8. The Labute approximate surface area is 163 Å². The highest BCUT2D eigenvalue weighted by atomic mass is 16.2. The predicted molar refractivity (Wildman–Crippen MR) is 107 cm³/mol. The Balaban J connectivity index is 1.52. The van der Waals surface area contributed by atoms with Gasteiger partial charge in [-0.15, -0.1) is 0 Å². The Morgan fingerprint density at radius 3 is 2.18 bits per heavy atom. The molecule has 28 heavy (non-hydrogen) atoms. The molecule has 1 aliphatic heterocycles. The van der Waals surface area contributed by atoms with Crippen molar-refractivity contribution >= 4 is 23.3 Å². The highest BCUT2D eigenvalue weighted by molar-refractivity contribution is 6.04. The van der Waals surface area contributed by atoms with Crippen LogP contribution in [-0.4, -0.2) is 33.2 Å². The zero-order valence-corrected chi connectivity index (χ0v) is 15.6. The Kier molecular flexibility index (Phi) is 4.80. The van der Waals surface area contributed by atoms with Crippen molar-refractivity contribution in [2.75, 3.05) is 17.2 Å². The molecule has 0 bridgehead atoms. The number of nitrogens with one attached hydrogen (secondary N) is 2. The minimum absolute atomic E-state index is 0.185. The number of carbonyl (C=O) groups is 2. The molecule has 0 unspecified atom stereocenters. The normalized spacial score (nSPS) is 13.0. The molecule has 2 N–H and O–H groups in total. The summed E-state index contributed by atoms with van der Waals surface area (Å²) < 4.78 is 1.74. The van der Waals surface area contributed by atoms with E-state index in [2.05, 4.69) is 15.7 Å². The monoisotopic (exact) mass is 375 g/mol. The van der Waals surface area contributed by atoms with Crippen LogP contribution in [0.2, 0.25) is 0 Å². The van der Waals surface area contributed by atoms with Gasteiger partial charge in [-0.25, -0.2) is 4.79 Å². The highest BCUT2D eigenvalue weighted by Crippen LogP contribution is 2.24. The van der Waals surface area contributed by atoms with Gasteiger partial charge in [-0.05, 0) is 24.3 Å². The van der Waals surface area contributed by atoms with E-state index in [-0.39, 0.29) is 11.9 Å². The van der Waals surface area contributed by atoms with Crippen LogP contribution >= 0.6 is 0 Å². The minimum atomic E-state index is -0.270. The topological polar surface area (TPSA) is 79.3 Å². The first-order chi connectivity index (χ1) is 13.6. The van der Waals surface area contributed by atoms with E-state index in [9.17, 15) is 9.59 Å². The van der Waals surface area contributed by atoms with Gasteiger partial charge in [-0.3, -0.25) is 9.48 Å². The summed E-state index contributed by atoms with van der Waals surface area (Å²) in [5.41, 5.74) is 3.60. The minimum Gasteiger partial charge on any atom is -0.321 e. The molecule has 3 aromatic rings. The summed E-state index contributed by atoms with van der Waals surface area (Å²) >= 11 is 0.